The number of carboxylic acids is 1. The van der Waals surface area contributed by atoms with Crippen molar-refractivity contribution in [3.63, 3.8) is 0 Å². The number of sulfonamides is 1. The van der Waals surface area contributed by atoms with E-state index in [2.05, 4.69) is 0 Å². The molecule has 0 radical (unpaired) electrons. The molecule has 0 fully saturated rings. The Morgan fingerprint density at radius 2 is 2.05 bits per heavy atom. The number of carbonyl (C=O) groups is 1. The number of nitrogens with zero attached hydrogens (tertiary/aromatic N) is 1. The van der Waals surface area contributed by atoms with Gasteiger partial charge in [0.15, 0.2) is 0 Å². The molecule has 1 aromatic carbocycles. The van der Waals surface area contributed by atoms with Gasteiger partial charge in [0.2, 0.25) is 10.0 Å². The Balaban J connectivity index is 2.84. The highest BCUT2D eigenvalue weighted by molar-refractivity contribution is 7.89. The number of ether oxygens (including phenoxy) is 1. The SMILES string of the molecule is COc1ccccc1CN(C)S(=O)(=O)CC(N)C(=O)O. The van der Waals surface area contributed by atoms with Gasteiger partial charge in [0.1, 0.15) is 11.8 Å². The molecule has 1 aromatic rings. The van der Waals surface area contributed by atoms with Gasteiger partial charge in [0.05, 0.1) is 12.9 Å². The number of hydrogen-bond acceptors (Lipinski definition) is 5. The molecule has 0 spiro atoms. The van der Waals surface area contributed by atoms with Crippen LogP contribution in [-0.4, -0.2) is 49.8 Å². The molecule has 20 heavy (non-hydrogen) atoms. The fraction of sp³-hybridized carbons (Fsp3) is 0.417. The summed E-state index contributed by atoms with van der Waals surface area (Å²) in [5, 5.41) is 8.67. The van der Waals surface area contributed by atoms with E-state index in [0.717, 1.165) is 4.31 Å². The van der Waals surface area contributed by atoms with Crippen LogP contribution in [0.15, 0.2) is 24.3 Å². The fourth-order valence-corrected chi connectivity index (χ4v) is 2.78. The van der Waals surface area contributed by atoms with Crippen molar-refractivity contribution in [3.8, 4) is 5.75 Å². The van der Waals surface area contributed by atoms with Gasteiger partial charge in [-0.05, 0) is 6.07 Å². The largest absolute Gasteiger partial charge is 0.496 e. The summed E-state index contributed by atoms with van der Waals surface area (Å²) in [5.41, 5.74) is 5.94. The van der Waals surface area contributed by atoms with E-state index in [0.29, 0.717) is 11.3 Å². The van der Waals surface area contributed by atoms with Gasteiger partial charge in [-0.2, -0.15) is 0 Å². The van der Waals surface area contributed by atoms with Gasteiger partial charge < -0.3 is 15.6 Å². The van der Waals surface area contributed by atoms with Gasteiger partial charge in [0, 0.05) is 19.2 Å². The van der Waals surface area contributed by atoms with E-state index in [-0.39, 0.29) is 6.54 Å². The second-order valence-electron chi connectivity index (χ2n) is 4.29. The van der Waals surface area contributed by atoms with E-state index in [1.807, 2.05) is 0 Å². The normalized spacial score (nSPS) is 13.2. The summed E-state index contributed by atoms with van der Waals surface area (Å²) in [7, 11) is -0.891. The Morgan fingerprint density at radius 3 is 2.60 bits per heavy atom. The molecule has 3 N–H and O–H groups in total. The Morgan fingerprint density at radius 1 is 1.45 bits per heavy atom. The van der Waals surface area contributed by atoms with Gasteiger partial charge in [-0.3, -0.25) is 4.79 Å². The van der Waals surface area contributed by atoms with Crippen LogP contribution in [0.5, 0.6) is 5.75 Å². The molecule has 0 aliphatic heterocycles. The number of nitrogens with two attached hydrogens (primary N) is 1. The van der Waals surface area contributed by atoms with Gasteiger partial charge >= 0.3 is 5.97 Å². The summed E-state index contributed by atoms with van der Waals surface area (Å²) >= 11 is 0. The van der Waals surface area contributed by atoms with Crippen molar-refractivity contribution >= 4 is 16.0 Å². The summed E-state index contributed by atoms with van der Waals surface area (Å²) < 4.78 is 30.2. The first-order chi connectivity index (χ1) is 9.27. The van der Waals surface area contributed by atoms with Crippen molar-refractivity contribution in [3.05, 3.63) is 29.8 Å². The second-order valence-corrected chi connectivity index (χ2v) is 6.41. The summed E-state index contributed by atoms with van der Waals surface area (Å²) in [6, 6.07) is 5.55. The van der Waals surface area contributed by atoms with Crippen molar-refractivity contribution in [2.75, 3.05) is 19.9 Å². The van der Waals surface area contributed by atoms with Crippen molar-refractivity contribution in [2.45, 2.75) is 12.6 Å². The van der Waals surface area contributed by atoms with Crippen molar-refractivity contribution < 1.29 is 23.1 Å². The summed E-state index contributed by atoms with van der Waals surface area (Å²) in [6.45, 7) is 0.0820. The number of hydrogen-bond donors (Lipinski definition) is 2. The topological polar surface area (TPSA) is 110 Å². The van der Waals surface area contributed by atoms with Crippen LogP contribution < -0.4 is 10.5 Å². The van der Waals surface area contributed by atoms with Crippen LogP contribution in [0.4, 0.5) is 0 Å². The van der Waals surface area contributed by atoms with Gasteiger partial charge in [0.25, 0.3) is 0 Å². The van der Waals surface area contributed by atoms with Crippen LogP contribution in [0.25, 0.3) is 0 Å². The van der Waals surface area contributed by atoms with Crippen LogP contribution in [0, 0.1) is 0 Å². The number of aliphatic carboxylic acids is 1. The molecule has 0 saturated carbocycles. The van der Waals surface area contributed by atoms with Gasteiger partial charge in [-0.15, -0.1) is 0 Å². The molecule has 0 aromatic heterocycles. The third-order valence-electron chi connectivity index (χ3n) is 2.77. The van der Waals surface area contributed by atoms with Crippen LogP contribution in [0.1, 0.15) is 5.56 Å². The first-order valence-corrected chi connectivity index (χ1v) is 7.43. The number of rotatable bonds is 7. The summed E-state index contributed by atoms with van der Waals surface area (Å²) in [4.78, 5) is 10.6. The Bertz CT molecular complexity index is 573. The molecule has 0 saturated heterocycles. The molecule has 1 unspecified atom stereocenters. The minimum absolute atomic E-state index is 0.0820. The lowest BCUT2D eigenvalue weighted by molar-refractivity contribution is -0.137. The third kappa shape index (κ3) is 4.19. The van der Waals surface area contributed by atoms with Gasteiger partial charge in [-0.1, -0.05) is 18.2 Å². The van der Waals surface area contributed by atoms with Crippen molar-refractivity contribution in [1.82, 2.24) is 4.31 Å². The Hall–Kier alpha value is -1.64. The first kappa shape index (κ1) is 16.4. The number of carboxylic acid groups (broad SMARTS) is 1. The number of benzene rings is 1. The van der Waals surface area contributed by atoms with E-state index in [9.17, 15) is 13.2 Å². The van der Waals surface area contributed by atoms with E-state index < -0.39 is 27.8 Å². The smallest absolute Gasteiger partial charge is 0.321 e. The monoisotopic (exact) mass is 302 g/mol. The molecule has 0 bridgehead atoms. The summed E-state index contributed by atoms with van der Waals surface area (Å²) in [5.74, 6) is -1.43. The maximum absolute atomic E-state index is 12.0. The second kappa shape index (κ2) is 6.69. The average molecular weight is 302 g/mol. The minimum atomic E-state index is -3.76. The predicted octanol–water partition coefficient (Wildman–Crippen LogP) is -0.131. The molecule has 1 atom stereocenters. The van der Waals surface area contributed by atoms with Crippen molar-refractivity contribution in [1.29, 1.82) is 0 Å². The van der Waals surface area contributed by atoms with Crippen LogP contribution in [-0.2, 0) is 21.4 Å². The molecule has 7 nitrogen and oxygen atoms in total. The van der Waals surface area contributed by atoms with E-state index in [4.69, 9.17) is 15.6 Å². The molecule has 0 aliphatic carbocycles. The summed E-state index contributed by atoms with van der Waals surface area (Å²) in [6.07, 6.45) is 0. The lowest BCUT2D eigenvalue weighted by atomic mass is 10.2. The lowest BCUT2D eigenvalue weighted by Gasteiger charge is -2.19. The highest BCUT2D eigenvalue weighted by Gasteiger charge is 2.25. The standard InChI is InChI=1S/C12H18N2O5S/c1-14(20(17,18)8-10(13)12(15)16)7-9-5-3-4-6-11(9)19-2/h3-6,10H,7-8,13H2,1-2H3,(H,15,16). The lowest BCUT2D eigenvalue weighted by Crippen LogP contribution is -2.42. The van der Waals surface area contributed by atoms with Gasteiger partial charge in [-0.25, -0.2) is 12.7 Å². The van der Waals surface area contributed by atoms with Crippen LogP contribution in [0.3, 0.4) is 0 Å². The van der Waals surface area contributed by atoms with Crippen LogP contribution >= 0.6 is 0 Å². The van der Waals surface area contributed by atoms with E-state index in [1.54, 1.807) is 24.3 Å². The maximum atomic E-state index is 12.0. The molecule has 112 valence electrons. The zero-order chi connectivity index (χ0) is 15.3. The Labute approximate surface area is 118 Å². The molecule has 0 heterocycles. The molecule has 1 rings (SSSR count). The minimum Gasteiger partial charge on any atom is -0.496 e. The van der Waals surface area contributed by atoms with Crippen LogP contribution in [0.2, 0.25) is 0 Å². The van der Waals surface area contributed by atoms with Crippen molar-refractivity contribution in [2.24, 2.45) is 5.73 Å². The molecular weight excluding hydrogens is 284 g/mol. The number of methoxy groups -OCH3 is 1. The van der Waals surface area contributed by atoms with E-state index in [1.165, 1.54) is 14.2 Å². The molecule has 0 aliphatic rings. The fourth-order valence-electron chi connectivity index (χ4n) is 1.60. The average Bonchev–Trinajstić information content (AvgIpc) is 2.38. The third-order valence-corrected chi connectivity index (χ3v) is 4.63. The predicted molar refractivity (Wildman–Crippen MR) is 73.9 cm³/mol. The number of para-hydroxylation sites is 1. The quantitative estimate of drug-likeness (QED) is 0.726. The maximum Gasteiger partial charge on any atom is 0.321 e. The zero-order valence-electron chi connectivity index (χ0n) is 11.3. The molecule has 8 heteroatoms. The van der Waals surface area contributed by atoms with E-state index >= 15 is 0 Å². The first-order valence-electron chi connectivity index (χ1n) is 5.82. The zero-order valence-corrected chi connectivity index (χ0v) is 12.1. The molecular formula is C12H18N2O5S. The Kier molecular flexibility index (Phi) is 5.49. The molecule has 0 amide bonds. The highest BCUT2D eigenvalue weighted by Crippen LogP contribution is 2.20. The highest BCUT2D eigenvalue weighted by atomic mass is 32.2.